The molecule has 4 rings (SSSR count). The Morgan fingerprint density at radius 1 is 0.688 bits per heavy atom. The third kappa shape index (κ3) is 4.14. The molecule has 0 unspecified atom stereocenters. The van der Waals surface area contributed by atoms with E-state index in [4.69, 9.17) is 23.2 Å². The van der Waals surface area contributed by atoms with Crippen LogP contribution in [0.3, 0.4) is 0 Å². The number of aromatic hydroxyl groups is 1. The minimum Gasteiger partial charge on any atom is -0.506 e. The monoisotopic (exact) mass is 507 g/mol. The molecule has 0 bridgehead atoms. The Morgan fingerprint density at radius 2 is 1.19 bits per heavy atom. The number of fused-ring (bicyclic) bond motifs is 1. The molecule has 0 amide bonds. The second-order valence-corrected chi connectivity index (χ2v) is 11.3. The quantitative estimate of drug-likeness (QED) is 0.348. The molecule has 0 aliphatic carbocycles. The van der Waals surface area contributed by atoms with Crippen LogP contribution in [0.2, 0.25) is 10.0 Å². The number of benzene rings is 4. The molecule has 2 N–H and O–H groups in total. The number of phenolic OH excluding ortho intramolecular Hbond substituents is 1. The number of phenols is 1. The molecule has 10 heteroatoms. The van der Waals surface area contributed by atoms with Gasteiger partial charge < -0.3 is 5.11 Å². The molecule has 164 valence electrons. The van der Waals surface area contributed by atoms with Crippen molar-refractivity contribution in [2.45, 2.75) is 14.7 Å². The second-order valence-electron chi connectivity index (χ2n) is 6.83. The minimum absolute atomic E-state index is 0.000823. The van der Waals surface area contributed by atoms with E-state index in [1.54, 1.807) is 18.2 Å². The summed E-state index contributed by atoms with van der Waals surface area (Å²) in [4.78, 5) is -0.590. The summed E-state index contributed by atoms with van der Waals surface area (Å²) >= 11 is 11.7. The van der Waals surface area contributed by atoms with Gasteiger partial charge in [0.25, 0.3) is 10.0 Å². The largest absolute Gasteiger partial charge is 0.506 e. The van der Waals surface area contributed by atoms with E-state index in [1.807, 2.05) is 0 Å². The number of halogens is 2. The molecular formula is C22H15Cl2NO5S2. The Balaban J connectivity index is 1.91. The van der Waals surface area contributed by atoms with Crippen molar-refractivity contribution >= 4 is 59.5 Å². The fraction of sp³-hybridized carbons (Fsp3) is 0. The molecule has 4 aromatic carbocycles. The van der Waals surface area contributed by atoms with Gasteiger partial charge in [-0.05, 0) is 54.6 Å². The number of rotatable bonds is 5. The zero-order chi connectivity index (χ0) is 23.1. The lowest BCUT2D eigenvalue weighted by molar-refractivity contribution is 0.465. The zero-order valence-corrected chi connectivity index (χ0v) is 19.3. The van der Waals surface area contributed by atoms with Gasteiger partial charge in [0.2, 0.25) is 9.84 Å². The van der Waals surface area contributed by atoms with Gasteiger partial charge in [0.15, 0.2) is 0 Å². The maximum absolute atomic E-state index is 13.2. The van der Waals surface area contributed by atoms with Crippen LogP contribution in [0.5, 0.6) is 5.75 Å². The number of sulfonamides is 1. The van der Waals surface area contributed by atoms with Crippen LogP contribution in [-0.4, -0.2) is 21.9 Å². The number of nitrogens with one attached hydrogen (secondary N) is 1. The van der Waals surface area contributed by atoms with Gasteiger partial charge in [-0.3, -0.25) is 4.72 Å². The zero-order valence-electron chi connectivity index (χ0n) is 16.2. The van der Waals surface area contributed by atoms with Crippen LogP contribution in [0.15, 0.2) is 93.5 Å². The van der Waals surface area contributed by atoms with Crippen LogP contribution < -0.4 is 4.72 Å². The number of sulfone groups is 1. The predicted molar refractivity (Wildman–Crippen MR) is 125 cm³/mol. The third-order valence-corrected chi connectivity index (χ3v) is 8.43. The van der Waals surface area contributed by atoms with E-state index in [2.05, 4.69) is 4.72 Å². The van der Waals surface area contributed by atoms with E-state index < -0.39 is 30.5 Å². The standard InChI is InChI=1S/C22H15Cl2NO5S2/c23-14-5-9-16(10-6-14)31(27,28)21-13-20(18-3-1-2-4-19(18)22(21)26)25-32(29,30)17-11-7-15(24)8-12-17/h1-13,25-26H. The number of anilines is 1. The highest BCUT2D eigenvalue weighted by atomic mass is 35.5. The van der Waals surface area contributed by atoms with Crippen molar-refractivity contribution in [3.8, 4) is 5.75 Å². The van der Waals surface area contributed by atoms with Crippen LogP contribution in [0.25, 0.3) is 10.8 Å². The van der Waals surface area contributed by atoms with E-state index in [0.29, 0.717) is 15.4 Å². The van der Waals surface area contributed by atoms with Gasteiger partial charge in [-0.25, -0.2) is 16.8 Å². The van der Waals surface area contributed by atoms with Gasteiger partial charge in [-0.15, -0.1) is 0 Å². The van der Waals surface area contributed by atoms with Gasteiger partial charge in [-0.1, -0.05) is 47.5 Å². The third-order valence-electron chi connectivity index (χ3n) is 4.76. The highest BCUT2D eigenvalue weighted by molar-refractivity contribution is 7.93. The van der Waals surface area contributed by atoms with Crippen molar-refractivity contribution in [2.24, 2.45) is 0 Å². The van der Waals surface area contributed by atoms with E-state index in [0.717, 1.165) is 6.07 Å². The van der Waals surface area contributed by atoms with Gasteiger partial charge in [-0.2, -0.15) is 0 Å². The smallest absolute Gasteiger partial charge is 0.261 e. The van der Waals surface area contributed by atoms with Crippen LogP contribution >= 0.6 is 23.2 Å². The second kappa shape index (κ2) is 8.29. The predicted octanol–water partition coefficient (Wildman–Crippen LogP) is 5.49. The normalized spacial score (nSPS) is 12.1. The van der Waals surface area contributed by atoms with Crippen LogP contribution in [0.4, 0.5) is 5.69 Å². The van der Waals surface area contributed by atoms with Crippen molar-refractivity contribution in [3.05, 3.63) is 88.9 Å². The SMILES string of the molecule is O=S(=O)(Nc1cc(S(=O)(=O)c2ccc(Cl)cc2)c(O)c2ccccc12)c1ccc(Cl)cc1. The summed E-state index contributed by atoms with van der Waals surface area (Å²) in [7, 11) is -8.26. The highest BCUT2D eigenvalue weighted by Gasteiger charge is 2.26. The van der Waals surface area contributed by atoms with Crippen LogP contribution in [0, 0.1) is 0 Å². The fourth-order valence-electron chi connectivity index (χ4n) is 3.18. The van der Waals surface area contributed by atoms with Crippen LogP contribution in [0.1, 0.15) is 0 Å². The Morgan fingerprint density at radius 3 is 1.75 bits per heavy atom. The van der Waals surface area contributed by atoms with E-state index >= 15 is 0 Å². The summed E-state index contributed by atoms with van der Waals surface area (Å²) in [5.41, 5.74) is 0.000823. The molecule has 0 radical (unpaired) electrons. The van der Waals surface area contributed by atoms with E-state index in [-0.39, 0.29) is 20.9 Å². The molecule has 6 nitrogen and oxygen atoms in total. The summed E-state index contributed by atoms with van der Waals surface area (Å²) in [6.07, 6.45) is 0. The van der Waals surface area contributed by atoms with Gasteiger partial charge >= 0.3 is 0 Å². The maximum atomic E-state index is 13.2. The molecule has 0 aliphatic rings. The van der Waals surface area contributed by atoms with Gasteiger partial charge in [0.05, 0.1) is 15.5 Å². The summed E-state index contributed by atoms with van der Waals surface area (Å²) in [6.45, 7) is 0. The molecule has 0 fully saturated rings. The molecule has 0 aromatic heterocycles. The van der Waals surface area contributed by atoms with Crippen molar-refractivity contribution < 1.29 is 21.9 Å². The first kappa shape index (κ1) is 22.4. The van der Waals surface area contributed by atoms with Crippen molar-refractivity contribution in [1.29, 1.82) is 0 Å². The molecular weight excluding hydrogens is 493 g/mol. The first-order valence-corrected chi connectivity index (χ1v) is 12.9. The Bertz CT molecular complexity index is 1530. The van der Waals surface area contributed by atoms with E-state index in [9.17, 15) is 21.9 Å². The average Bonchev–Trinajstić information content (AvgIpc) is 2.76. The highest BCUT2D eigenvalue weighted by Crippen LogP contribution is 2.40. The average molecular weight is 508 g/mol. The Kier molecular flexibility index (Phi) is 5.81. The molecule has 0 aliphatic heterocycles. The summed E-state index contributed by atoms with van der Waals surface area (Å²) in [5, 5.41) is 12.0. The lowest BCUT2D eigenvalue weighted by Crippen LogP contribution is -2.14. The lowest BCUT2D eigenvalue weighted by atomic mass is 10.1. The Hall–Kier alpha value is -2.78. The van der Waals surface area contributed by atoms with Crippen LogP contribution in [-0.2, 0) is 19.9 Å². The minimum atomic E-state index is -4.19. The molecule has 0 atom stereocenters. The number of hydrogen-bond acceptors (Lipinski definition) is 5. The van der Waals surface area contributed by atoms with E-state index in [1.165, 1.54) is 54.6 Å². The van der Waals surface area contributed by atoms with Crippen molar-refractivity contribution in [1.82, 2.24) is 0 Å². The molecule has 32 heavy (non-hydrogen) atoms. The molecule has 0 saturated heterocycles. The summed E-state index contributed by atoms with van der Waals surface area (Å²) in [6, 6.07) is 18.4. The molecule has 0 spiro atoms. The van der Waals surface area contributed by atoms with Crippen molar-refractivity contribution in [2.75, 3.05) is 4.72 Å². The van der Waals surface area contributed by atoms with Gasteiger partial charge in [0.1, 0.15) is 10.6 Å². The van der Waals surface area contributed by atoms with Crippen molar-refractivity contribution in [3.63, 3.8) is 0 Å². The first-order valence-electron chi connectivity index (χ1n) is 9.13. The molecule has 0 heterocycles. The number of hydrogen-bond donors (Lipinski definition) is 2. The van der Waals surface area contributed by atoms with Gasteiger partial charge in [0, 0.05) is 20.8 Å². The fourth-order valence-corrected chi connectivity index (χ4v) is 5.89. The summed E-state index contributed by atoms with van der Waals surface area (Å²) < 4.78 is 54.8. The summed E-state index contributed by atoms with van der Waals surface area (Å²) in [5.74, 6) is -0.481. The topological polar surface area (TPSA) is 101 Å². The lowest BCUT2D eigenvalue weighted by Gasteiger charge is -2.15. The first-order chi connectivity index (χ1) is 15.1. The Labute approximate surface area is 195 Å². The molecule has 0 saturated carbocycles. The molecule has 4 aromatic rings. The maximum Gasteiger partial charge on any atom is 0.261 e.